The van der Waals surface area contributed by atoms with Gasteiger partial charge in [-0.05, 0) is 37.0 Å². The molecule has 0 aliphatic heterocycles. The molecule has 0 aromatic heterocycles. The molecule has 1 fully saturated rings. The van der Waals surface area contributed by atoms with Crippen LogP contribution in [0.1, 0.15) is 48.8 Å². The molecule has 0 saturated heterocycles. The van der Waals surface area contributed by atoms with E-state index in [1.165, 1.54) is 19.3 Å². The zero-order chi connectivity index (χ0) is 13.2. The van der Waals surface area contributed by atoms with Gasteiger partial charge in [-0.3, -0.25) is 0 Å². The van der Waals surface area contributed by atoms with Crippen molar-refractivity contribution < 1.29 is 4.74 Å². The number of aryl methyl sites for hydroxylation is 1. The highest BCUT2D eigenvalue weighted by Gasteiger charge is 2.30. The predicted octanol–water partition coefficient (Wildman–Crippen LogP) is 2.99. The van der Waals surface area contributed by atoms with Crippen LogP contribution in [-0.2, 0) is 5.54 Å². The largest absolute Gasteiger partial charge is 0.495 e. The van der Waals surface area contributed by atoms with Gasteiger partial charge in [0.2, 0.25) is 0 Å². The lowest BCUT2D eigenvalue weighted by molar-refractivity contribution is 0.301. The summed E-state index contributed by atoms with van der Waals surface area (Å²) in [7, 11) is 1.60. The molecule has 1 saturated carbocycles. The number of hydrogen-bond donors (Lipinski definition) is 1. The molecule has 96 valence electrons. The smallest absolute Gasteiger partial charge is 0.139 e. The molecule has 2 N–H and O–H groups in total. The van der Waals surface area contributed by atoms with Gasteiger partial charge in [0.1, 0.15) is 11.8 Å². The first kappa shape index (κ1) is 12.9. The number of nitrogens with zero attached hydrogens (tertiary/aromatic N) is 1. The average Bonchev–Trinajstić information content (AvgIpc) is 2.38. The minimum absolute atomic E-state index is 0.263. The van der Waals surface area contributed by atoms with Crippen molar-refractivity contribution in [2.75, 3.05) is 7.11 Å². The Morgan fingerprint density at radius 3 is 2.50 bits per heavy atom. The second kappa shape index (κ2) is 4.99. The standard InChI is InChI=1S/C15H20N2O/c1-11-8-13(9-12(10-16)14(11)18-2)15(17)6-4-3-5-7-15/h8-9H,3-7,17H2,1-2H3. The molecule has 3 heteroatoms. The number of rotatable bonds is 2. The highest BCUT2D eigenvalue weighted by molar-refractivity contribution is 5.52. The first-order valence-corrected chi connectivity index (χ1v) is 6.49. The molecule has 0 atom stereocenters. The summed E-state index contributed by atoms with van der Waals surface area (Å²) in [4.78, 5) is 0. The van der Waals surface area contributed by atoms with Crippen LogP contribution in [0.4, 0.5) is 0 Å². The van der Waals surface area contributed by atoms with E-state index >= 15 is 0 Å². The predicted molar refractivity (Wildman–Crippen MR) is 71.4 cm³/mol. The third-order valence-corrected chi connectivity index (χ3v) is 3.92. The Hall–Kier alpha value is -1.53. The minimum Gasteiger partial charge on any atom is -0.495 e. The van der Waals surface area contributed by atoms with Crippen LogP contribution in [0.5, 0.6) is 5.75 Å². The van der Waals surface area contributed by atoms with Crippen LogP contribution in [0.15, 0.2) is 12.1 Å². The topological polar surface area (TPSA) is 59.0 Å². The van der Waals surface area contributed by atoms with E-state index in [2.05, 4.69) is 12.1 Å². The molecule has 0 amide bonds. The molecular formula is C15H20N2O. The van der Waals surface area contributed by atoms with Crippen molar-refractivity contribution in [1.29, 1.82) is 5.26 Å². The maximum absolute atomic E-state index is 9.21. The van der Waals surface area contributed by atoms with Crippen molar-refractivity contribution in [3.05, 3.63) is 28.8 Å². The van der Waals surface area contributed by atoms with Gasteiger partial charge >= 0.3 is 0 Å². The van der Waals surface area contributed by atoms with E-state index in [4.69, 9.17) is 10.5 Å². The van der Waals surface area contributed by atoms with Gasteiger partial charge in [-0.25, -0.2) is 0 Å². The summed E-state index contributed by atoms with van der Waals surface area (Å²) in [6.45, 7) is 1.97. The van der Waals surface area contributed by atoms with Crippen molar-refractivity contribution >= 4 is 0 Å². The van der Waals surface area contributed by atoms with Crippen molar-refractivity contribution in [2.24, 2.45) is 5.73 Å². The fraction of sp³-hybridized carbons (Fsp3) is 0.533. The number of hydrogen-bond acceptors (Lipinski definition) is 3. The fourth-order valence-corrected chi connectivity index (χ4v) is 2.89. The van der Waals surface area contributed by atoms with Crippen LogP contribution in [0, 0.1) is 18.3 Å². The van der Waals surface area contributed by atoms with Crippen LogP contribution >= 0.6 is 0 Å². The Kier molecular flexibility index (Phi) is 3.58. The van der Waals surface area contributed by atoms with Crippen LogP contribution in [0.2, 0.25) is 0 Å². The maximum Gasteiger partial charge on any atom is 0.139 e. The maximum atomic E-state index is 9.21. The Morgan fingerprint density at radius 1 is 1.28 bits per heavy atom. The summed E-state index contributed by atoms with van der Waals surface area (Å²) in [5.74, 6) is 0.667. The molecule has 18 heavy (non-hydrogen) atoms. The Balaban J connectivity index is 2.46. The molecule has 1 aliphatic rings. The third-order valence-electron chi connectivity index (χ3n) is 3.92. The van der Waals surface area contributed by atoms with E-state index in [0.29, 0.717) is 11.3 Å². The van der Waals surface area contributed by atoms with Gasteiger partial charge in [-0.1, -0.05) is 25.3 Å². The van der Waals surface area contributed by atoms with Crippen LogP contribution in [-0.4, -0.2) is 7.11 Å². The van der Waals surface area contributed by atoms with Gasteiger partial charge < -0.3 is 10.5 Å². The molecule has 0 bridgehead atoms. The van der Waals surface area contributed by atoms with Gasteiger partial charge in [-0.2, -0.15) is 5.26 Å². The average molecular weight is 244 g/mol. The molecular weight excluding hydrogens is 224 g/mol. The van der Waals surface area contributed by atoms with E-state index in [1.54, 1.807) is 7.11 Å². The van der Waals surface area contributed by atoms with Gasteiger partial charge in [-0.15, -0.1) is 0 Å². The molecule has 2 rings (SSSR count). The number of ether oxygens (including phenoxy) is 1. The first-order chi connectivity index (χ1) is 8.60. The fourth-order valence-electron chi connectivity index (χ4n) is 2.89. The highest BCUT2D eigenvalue weighted by Crippen LogP contribution is 2.37. The van der Waals surface area contributed by atoms with Crippen LogP contribution in [0.3, 0.4) is 0 Å². The molecule has 1 aliphatic carbocycles. The summed E-state index contributed by atoms with van der Waals surface area (Å²) in [6, 6.07) is 6.18. The lowest BCUT2D eigenvalue weighted by atomic mass is 9.76. The number of nitriles is 1. The summed E-state index contributed by atoms with van der Waals surface area (Å²) >= 11 is 0. The summed E-state index contributed by atoms with van der Waals surface area (Å²) in [5.41, 5.74) is 8.91. The molecule has 1 aromatic rings. The summed E-state index contributed by atoms with van der Waals surface area (Å²) in [5, 5.41) is 9.21. The van der Waals surface area contributed by atoms with E-state index in [9.17, 15) is 5.26 Å². The van der Waals surface area contributed by atoms with Gasteiger partial charge in [0, 0.05) is 5.54 Å². The molecule has 0 radical (unpaired) electrons. The van der Waals surface area contributed by atoms with Crippen molar-refractivity contribution in [3.8, 4) is 11.8 Å². The SMILES string of the molecule is COc1c(C)cc(C2(N)CCCCC2)cc1C#N. The number of benzene rings is 1. The van der Waals surface area contributed by atoms with Crippen molar-refractivity contribution in [3.63, 3.8) is 0 Å². The van der Waals surface area contributed by atoms with Gasteiger partial charge in [0.15, 0.2) is 0 Å². The van der Waals surface area contributed by atoms with E-state index in [-0.39, 0.29) is 5.54 Å². The lowest BCUT2D eigenvalue weighted by Crippen LogP contribution is -2.38. The Morgan fingerprint density at radius 2 is 1.94 bits per heavy atom. The Labute approximate surface area is 109 Å². The summed E-state index contributed by atoms with van der Waals surface area (Å²) in [6.07, 6.45) is 5.61. The zero-order valence-electron chi connectivity index (χ0n) is 11.1. The van der Waals surface area contributed by atoms with Crippen LogP contribution < -0.4 is 10.5 Å². The first-order valence-electron chi connectivity index (χ1n) is 6.49. The monoisotopic (exact) mass is 244 g/mol. The van der Waals surface area contributed by atoms with E-state index in [0.717, 1.165) is 24.0 Å². The quantitative estimate of drug-likeness (QED) is 0.870. The van der Waals surface area contributed by atoms with E-state index < -0.39 is 0 Å². The minimum atomic E-state index is -0.263. The number of methoxy groups -OCH3 is 1. The Bertz CT molecular complexity index is 482. The second-order valence-corrected chi connectivity index (χ2v) is 5.20. The summed E-state index contributed by atoms with van der Waals surface area (Å²) < 4.78 is 5.28. The second-order valence-electron chi connectivity index (χ2n) is 5.20. The molecule has 1 aromatic carbocycles. The lowest BCUT2D eigenvalue weighted by Gasteiger charge is -2.34. The highest BCUT2D eigenvalue weighted by atomic mass is 16.5. The van der Waals surface area contributed by atoms with Crippen molar-refractivity contribution in [1.82, 2.24) is 0 Å². The molecule has 0 unspecified atom stereocenters. The molecule has 0 spiro atoms. The number of nitrogens with two attached hydrogens (primary N) is 1. The van der Waals surface area contributed by atoms with Crippen LogP contribution in [0.25, 0.3) is 0 Å². The normalized spacial score (nSPS) is 18.1. The van der Waals surface area contributed by atoms with Gasteiger partial charge in [0.05, 0.1) is 12.7 Å². The van der Waals surface area contributed by atoms with E-state index in [1.807, 2.05) is 13.0 Å². The zero-order valence-corrected chi connectivity index (χ0v) is 11.1. The molecule has 3 nitrogen and oxygen atoms in total. The van der Waals surface area contributed by atoms with Crippen molar-refractivity contribution in [2.45, 2.75) is 44.6 Å². The van der Waals surface area contributed by atoms with Gasteiger partial charge in [0.25, 0.3) is 0 Å². The third kappa shape index (κ3) is 2.21. The molecule has 0 heterocycles.